The Morgan fingerprint density at radius 2 is 1.94 bits per heavy atom. The highest BCUT2D eigenvalue weighted by Crippen LogP contribution is 2.21. The first kappa shape index (κ1) is 12.5. The van der Waals surface area contributed by atoms with Crippen molar-refractivity contribution in [3.05, 3.63) is 11.8 Å². The van der Waals surface area contributed by atoms with Crippen molar-refractivity contribution in [3.8, 4) is 0 Å². The molecule has 0 atom stereocenters. The van der Waals surface area contributed by atoms with Gasteiger partial charge in [-0.2, -0.15) is 9.40 Å². The standard InChI is InChI=1S/C10H17N3O3S/c14-8-9-7-11-12-10(9)17(15,16)13-5-3-1-2-4-6-13/h7,14H,1-6,8H2,(H,11,12). The number of aliphatic hydroxyl groups is 1. The summed E-state index contributed by atoms with van der Waals surface area (Å²) in [4.78, 5) is 0. The van der Waals surface area contributed by atoms with E-state index in [4.69, 9.17) is 5.11 Å². The summed E-state index contributed by atoms with van der Waals surface area (Å²) < 4.78 is 26.1. The van der Waals surface area contributed by atoms with Crippen molar-refractivity contribution < 1.29 is 13.5 Å². The summed E-state index contributed by atoms with van der Waals surface area (Å²) in [5.41, 5.74) is 0.328. The lowest BCUT2D eigenvalue weighted by Crippen LogP contribution is -2.32. The molecular formula is C10H17N3O3S. The van der Waals surface area contributed by atoms with Gasteiger partial charge in [0.1, 0.15) is 0 Å². The van der Waals surface area contributed by atoms with E-state index in [-0.39, 0.29) is 11.6 Å². The zero-order chi connectivity index (χ0) is 12.3. The number of H-pyrrole nitrogens is 1. The quantitative estimate of drug-likeness (QED) is 0.826. The van der Waals surface area contributed by atoms with Crippen molar-refractivity contribution in [3.63, 3.8) is 0 Å². The number of rotatable bonds is 3. The van der Waals surface area contributed by atoms with E-state index in [1.165, 1.54) is 10.5 Å². The predicted octanol–water partition coefficient (Wildman–Crippen LogP) is 0.467. The molecule has 0 radical (unpaired) electrons. The van der Waals surface area contributed by atoms with Crippen LogP contribution in [0.2, 0.25) is 0 Å². The van der Waals surface area contributed by atoms with Crippen LogP contribution in [-0.2, 0) is 16.6 Å². The van der Waals surface area contributed by atoms with Gasteiger partial charge in [-0.1, -0.05) is 12.8 Å². The van der Waals surface area contributed by atoms with Crippen molar-refractivity contribution >= 4 is 10.0 Å². The van der Waals surface area contributed by atoms with Crippen LogP contribution in [-0.4, -0.2) is 41.1 Å². The van der Waals surface area contributed by atoms with Crippen LogP contribution in [0.1, 0.15) is 31.2 Å². The number of hydrogen-bond acceptors (Lipinski definition) is 4. The Hall–Kier alpha value is -0.920. The Morgan fingerprint density at radius 1 is 1.29 bits per heavy atom. The molecule has 96 valence electrons. The van der Waals surface area contributed by atoms with Crippen molar-refractivity contribution in [1.82, 2.24) is 14.5 Å². The molecule has 0 aliphatic carbocycles. The van der Waals surface area contributed by atoms with Crippen molar-refractivity contribution in [2.45, 2.75) is 37.3 Å². The second-order valence-electron chi connectivity index (χ2n) is 4.20. The zero-order valence-corrected chi connectivity index (χ0v) is 10.4. The Bertz CT molecular complexity index is 461. The van der Waals surface area contributed by atoms with E-state index in [9.17, 15) is 8.42 Å². The molecule has 0 unspecified atom stereocenters. The highest BCUT2D eigenvalue weighted by molar-refractivity contribution is 7.89. The first-order valence-corrected chi connectivity index (χ1v) is 7.23. The first-order valence-electron chi connectivity index (χ1n) is 5.79. The number of hydrogen-bond donors (Lipinski definition) is 2. The number of aliphatic hydroxyl groups excluding tert-OH is 1. The predicted molar refractivity (Wildman–Crippen MR) is 61.7 cm³/mol. The Morgan fingerprint density at radius 3 is 2.53 bits per heavy atom. The van der Waals surface area contributed by atoms with Gasteiger partial charge in [0.15, 0.2) is 5.03 Å². The van der Waals surface area contributed by atoms with Gasteiger partial charge >= 0.3 is 0 Å². The summed E-state index contributed by atoms with van der Waals surface area (Å²) in [6, 6.07) is 0. The van der Waals surface area contributed by atoms with Crippen LogP contribution < -0.4 is 0 Å². The van der Waals surface area contributed by atoms with Crippen LogP contribution >= 0.6 is 0 Å². The number of nitrogens with zero attached hydrogens (tertiary/aromatic N) is 2. The van der Waals surface area contributed by atoms with Crippen LogP contribution in [0, 0.1) is 0 Å². The number of aromatic nitrogens is 2. The fraction of sp³-hybridized carbons (Fsp3) is 0.700. The van der Waals surface area contributed by atoms with Crippen molar-refractivity contribution in [2.24, 2.45) is 0 Å². The summed E-state index contributed by atoms with van der Waals surface area (Å²) in [5, 5.41) is 15.3. The van der Waals surface area contributed by atoms with Gasteiger partial charge in [0.25, 0.3) is 10.0 Å². The minimum atomic E-state index is -3.53. The fourth-order valence-electron chi connectivity index (χ4n) is 2.05. The molecule has 0 spiro atoms. The first-order chi connectivity index (χ1) is 8.16. The topological polar surface area (TPSA) is 86.3 Å². The normalized spacial score (nSPS) is 19.1. The van der Waals surface area contributed by atoms with E-state index in [0.29, 0.717) is 18.7 Å². The average Bonchev–Trinajstić information content (AvgIpc) is 2.63. The van der Waals surface area contributed by atoms with E-state index in [2.05, 4.69) is 10.2 Å². The molecule has 0 saturated carbocycles. The maximum atomic E-state index is 12.3. The molecule has 0 amide bonds. The van der Waals surface area contributed by atoms with Crippen LogP contribution in [0.4, 0.5) is 0 Å². The monoisotopic (exact) mass is 259 g/mol. The molecule has 1 fully saturated rings. The molecule has 2 N–H and O–H groups in total. The maximum absolute atomic E-state index is 12.3. The van der Waals surface area contributed by atoms with Crippen molar-refractivity contribution in [2.75, 3.05) is 13.1 Å². The lowest BCUT2D eigenvalue weighted by Gasteiger charge is -2.19. The molecule has 0 bridgehead atoms. The van der Waals surface area contributed by atoms with E-state index in [1.54, 1.807) is 0 Å². The van der Waals surface area contributed by atoms with E-state index in [1.807, 2.05) is 0 Å². The maximum Gasteiger partial charge on any atom is 0.260 e. The molecule has 7 heteroatoms. The Kier molecular flexibility index (Phi) is 3.80. The molecule has 1 saturated heterocycles. The molecule has 1 aliphatic rings. The molecule has 6 nitrogen and oxygen atoms in total. The third-order valence-electron chi connectivity index (χ3n) is 3.01. The van der Waals surface area contributed by atoms with Gasteiger partial charge in [-0.25, -0.2) is 8.42 Å². The number of nitrogens with one attached hydrogen (secondary N) is 1. The van der Waals surface area contributed by atoms with Gasteiger partial charge in [0, 0.05) is 18.7 Å². The van der Waals surface area contributed by atoms with Gasteiger partial charge in [-0.05, 0) is 12.8 Å². The van der Waals surface area contributed by atoms with Crippen LogP contribution in [0.3, 0.4) is 0 Å². The summed E-state index contributed by atoms with van der Waals surface area (Å²) in [7, 11) is -3.53. The molecule has 1 aliphatic heterocycles. The SMILES string of the molecule is O=S(=O)(c1[nH]ncc1CO)N1CCCCCC1. The summed E-state index contributed by atoms with van der Waals surface area (Å²) in [6.07, 6.45) is 5.28. The zero-order valence-electron chi connectivity index (χ0n) is 9.59. The second-order valence-corrected chi connectivity index (χ2v) is 6.08. The smallest absolute Gasteiger partial charge is 0.260 e. The molecule has 1 aromatic heterocycles. The largest absolute Gasteiger partial charge is 0.392 e. The van der Waals surface area contributed by atoms with Gasteiger partial charge in [0.2, 0.25) is 0 Å². The third-order valence-corrected chi connectivity index (χ3v) is 4.93. The fourth-order valence-corrected chi connectivity index (χ4v) is 3.66. The van der Waals surface area contributed by atoms with Gasteiger partial charge in [-0.15, -0.1) is 0 Å². The molecule has 0 aromatic carbocycles. The second kappa shape index (κ2) is 5.16. The molecule has 2 rings (SSSR count). The van der Waals surface area contributed by atoms with E-state index >= 15 is 0 Å². The van der Waals surface area contributed by atoms with Crippen LogP contribution in [0.25, 0.3) is 0 Å². The lowest BCUT2D eigenvalue weighted by atomic mass is 10.2. The Labute approximate surface area is 101 Å². The molecule has 17 heavy (non-hydrogen) atoms. The van der Waals surface area contributed by atoms with Gasteiger partial charge in [0.05, 0.1) is 12.8 Å². The Balaban J connectivity index is 2.28. The van der Waals surface area contributed by atoms with E-state index < -0.39 is 10.0 Å². The number of aromatic amines is 1. The van der Waals surface area contributed by atoms with Gasteiger partial charge in [-0.3, -0.25) is 5.10 Å². The lowest BCUT2D eigenvalue weighted by molar-refractivity contribution is 0.278. The highest BCUT2D eigenvalue weighted by atomic mass is 32.2. The summed E-state index contributed by atoms with van der Waals surface area (Å²) in [5.74, 6) is 0. The van der Waals surface area contributed by atoms with E-state index in [0.717, 1.165) is 25.7 Å². The summed E-state index contributed by atoms with van der Waals surface area (Å²) in [6.45, 7) is 0.775. The minimum Gasteiger partial charge on any atom is -0.392 e. The average molecular weight is 259 g/mol. The highest BCUT2D eigenvalue weighted by Gasteiger charge is 2.28. The third kappa shape index (κ3) is 2.51. The van der Waals surface area contributed by atoms with Crippen LogP contribution in [0.15, 0.2) is 11.2 Å². The summed E-state index contributed by atoms with van der Waals surface area (Å²) >= 11 is 0. The number of sulfonamides is 1. The molecule has 1 aromatic rings. The molecular weight excluding hydrogens is 242 g/mol. The minimum absolute atomic E-state index is 0.0295. The van der Waals surface area contributed by atoms with Gasteiger partial charge < -0.3 is 5.11 Å². The van der Waals surface area contributed by atoms with Crippen LogP contribution in [0.5, 0.6) is 0 Å². The van der Waals surface area contributed by atoms with Crippen molar-refractivity contribution in [1.29, 1.82) is 0 Å². The molecule has 2 heterocycles.